The molecule has 1 atom stereocenters. The molecule has 0 aromatic carbocycles. The van der Waals surface area contributed by atoms with Crippen LogP contribution < -0.4 is 5.32 Å². The molecule has 8 nitrogen and oxygen atoms in total. The summed E-state index contributed by atoms with van der Waals surface area (Å²) < 4.78 is 32.0. The molecule has 1 N–H and O–H groups in total. The van der Waals surface area contributed by atoms with Crippen LogP contribution in [-0.2, 0) is 14.8 Å². The number of sulfonamides is 1. The quantitative estimate of drug-likeness (QED) is 0.466. The lowest BCUT2D eigenvalue weighted by Crippen LogP contribution is -2.54. The van der Waals surface area contributed by atoms with Gasteiger partial charge >= 0.3 is 0 Å². The average Bonchev–Trinajstić information content (AvgIpc) is 2.71. The molecule has 0 amide bonds. The van der Waals surface area contributed by atoms with Gasteiger partial charge in [0.1, 0.15) is 0 Å². The highest BCUT2D eigenvalue weighted by molar-refractivity contribution is 7.89. The van der Waals surface area contributed by atoms with Gasteiger partial charge in [-0.3, -0.25) is 9.98 Å². The minimum absolute atomic E-state index is 0.0271. The molecule has 0 bridgehead atoms. The number of guanidine groups is 1. The third kappa shape index (κ3) is 7.21. The van der Waals surface area contributed by atoms with E-state index in [9.17, 15) is 8.42 Å². The monoisotopic (exact) mass is 439 g/mol. The Morgan fingerprint density at radius 2 is 1.93 bits per heavy atom. The Kier molecular flexibility index (Phi) is 9.51. The van der Waals surface area contributed by atoms with Gasteiger partial charge in [0.05, 0.1) is 18.5 Å². The maximum Gasteiger partial charge on any atom is 0.216 e. The van der Waals surface area contributed by atoms with E-state index in [1.165, 1.54) is 5.56 Å². The van der Waals surface area contributed by atoms with Gasteiger partial charge in [-0.2, -0.15) is 4.31 Å². The van der Waals surface area contributed by atoms with Crippen molar-refractivity contribution in [3.63, 3.8) is 0 Å². The predicted molar refractivity (Wildman–Crippen MR) is 121 cm³/mol. The van der Waals surface area contributed by atoms with E-state index in [2.05, 4.69) is 40.1 Å². The number of pyridine rings is 1. The maximum atomic E-state index is 12.5. The number of ether oxygens (including phenoxy) is 1. The van der Waals surface area contributed by atoms with Gasteiger partial charge in [0.2, 0.25) is 10.0 Å². The van der Waals surface area contributed by atoms with Gasteiger partial charge in [-0.25, -0.2) is 8.42 Å². The average molecular weight is 440 g/mol. The van der Waals surface area contributed by atoms with Crippen LogP contribution in [-0.4, -0.2) is 86.8 Å². The Labute approximate surface area is 181 Å². The molecule has 170 valence electrons. The first-order valence-electron chi connectivity index (χ1n) is 10.7. The Bertz CT molecular complexity index is 760. The molecular formula is C21H37N5O3S. The second-order valence-corrected chi connectivity index (χ2v) is 10.3. The Morgan fingerprint density at radius 1 is 1.23 bits per heavy atom. The molecule has 9 heteroatoms. The number of hydrogen-bond donors (Lipinski definition) is 1. The molecule has 1 aromatic rings. The van der Waals surface area contributed by atoms with Crippen LogP contribution in [0.15, 0.2) is 29.5 Å². The zero-order chi connectivity index (χ0) is 22.1. The minimum atomic E-state index is -3.29. The van der Waals surface area contributed by atoms with Crippen LogP contribution in [0.4, 0.5) is 0 Å². The van der Waals surface area contributed by atoms with Crippen LogP contribution in [0.5, 0.6) is 0 Å². The Hall–Kier alpha value is -1.71. The van der Waals surface area contributed by atoms with Gasteiger partial charge in [0.15, 0.2) is 5.96 Å². The van der Waals surface area contributed by atoms with Gasteiger partial charge in [-0.15, -0.1) is 0 Å². The molecule has 0 aliphatic carbocycles. The first kappa shape index (κ1) is 24.6. The van der Waals surface area contributed by atoms with Crippen LogP contribution in [0.3, 0.4) is 0 Å². The fourth-order valence-electron chi connectivity index (χ4n) is 3.56. The lowest BCUT2D eigenvalue weighted by molar-refractivity contribution is 0.0904. The zero-order valence-corrected chi connectivity index (χ0v) is 19.7. The molecule has 0 radical (unpaired) electrons. The van der Waals surface area contributed by atoms with Gasteiger partial charge in [-0.05, 0) is 31.4 Å². The van der Waals surface area contributed by atoms with Gasteiger partial charge < -0.3 is 15.0 Å². The SMILES string of the molecule is CN=C(NCC(c1cccnc1)C(C)C)N1CCN(S(=O)(=O)CCOC(C)C)CC1. The zero-order valence-electron chi connectivity index (χ0n) is 18.9. The molecule has 0 spiro atoms. The fraction of sp³-hybridized carbons (Fsp3) is 0.714. The van der Waals surface area contributed by atoms with Gasteiger partial charge in [0.25, 0.3) is 0 Å². The molecule has 1 aliphatic rings. The molecule has 1 saturated heterocycles. The van der Waals surface area contributed by atoms with Gasteiger partial charge in [0, 0.05) is 58.1 Å². The highest BCUT2D eigenvalue weighted by Crippen LogP contribution is 2.22. The topological polar surface area (TPSA) is 87.1 Å². The highest BCUT2D eigenvalue weighted by atomic mass is 32.2. The number of aromatic nitrogens is 1. The molecule has 2 rings (SSSR count). The number of piperazine rings is 1. The van der Waals surface area contributed by atoms with Crippen molar-refractivity contribution in [2.24, 2.45) is 10.9 Å². The second-order valence-electron chi connectivity index (χ2n) is 8.19. The van der Waals surface area contributed by atoms with Crippen molar-refractivity contribution >= 4 is 16.0 Å². The van der Waals surface area contributed by atoms with Crippen LogP contribution in [0.25, 0.3) is 0 Å². The van der Waals surface area contributed by atoms with Crippen molar-refractivity contribution in [3.05, 3.63) is 30.1 Å². The Morgan fingerprint density at radius 3 is 2.47 bits per heavy atom. The van der Waals surface area contributed by atoms with Crippen molar-refractivity contribution in [3.8, 4) is 0 Å². The summed E-state index contributed by atoms with van der Waals surface area (Å²) in [5.41, 5.74) is 1.20. The van der Waals surface area contributed by atoms with Crippen molar-refractivity contribution < 1.29 is 13.2 Å². The highest BCUT2D eigenvalue weighted by Gasteiger charge is 2.28. The summed E-state index contributed by atoms with van der Waals surface area (Å²) in [6.07, 6.45) is 3.74. The summed E-state index contributed by atoms with van der Waals surface area (Å²) in [5.74, 6) is 1.61. The normalized spacial score (nSPS) is 17.6. The van der Waals surface area contributed by atoms with E-state index >= 15 is 0 Å². The van der Waals surface area contributed by atoms with Crippen LogP contribution in [0, 0.1) is 5.92 Å². The van der Waals surface area contributed by atoms with E-state index in [-0.39, 0.29) is 18.5 Å². The third-order valence-corrected chi connectivity index (χ3v) is 7.17. The second kappa shape index (κ2) is 11.6. The standard InChI is InChI=1S/C21H37N5O3S/c1-17(2)20(19-7-6-8-23-15-19)16-24-21(22-5)25-9-11-26(12-10-25)30(27,28)14-13-29-18(3)4/h6-8,15,17-18,20H,9-14,16H2,1-5H3,(H,22,24). The van der Waals surface area contributed by atoms with E-state index in [1.807, 2.05) is 26.1 Å². The summed E-state index contributed by atoms with van der Waals surface area (Å²) in [7, 11) is -1.53. The number of nitrogens with zero attached hydrogens (tertiary/aromatic N) is 4. The number of rotatable bonds is 9. The molecule has 1 unspecified atom stereocenters. The van der Waals surface area contributed by atoms with Crippen molar-refractivity contribution in [1.82, 2.24) is 19.5 Å². The lowest BCUT2D eigenvalue weighted by Gasteiger charge is -2.36. The van der Waals surface area contributed by atoms with Crippen LogP contribution in [0.1, 0.15) is 39.2 Å². The smallest absolute Gasteiger partial charge is 0.216 e. The van der Waals surface area contributed by atoms with Crippen molar-refractivity contribution in [2.45, 2.75) is 39.7 Å². The van der Waals surface area contributed by atoms with Gasteiger partial charge in [-0.1, -0.05) is 19.9 Å². The summed E-state index contributed by atoms with van der Waals surface area (Å²) in [6.45, 7) is 11.3. The van der Waals surface area contributed by atoms with Crippen molar-refractivity contribution in [1.29, 1.82) is 0 Å². The van der Waals surface area contributed by atoms with E-state index in [1.54, 1.807) is 17.5 Å². The first-order chi connectivity index (χ1) is 14.2. The van der Waals surface area contributed by atoms with Crippen molar-refractivity contribution in [2.75, 3.05) is 52.1 Å². The molecule has 1 aliphatic heterocycles. The molecule has 1 aromatic heterocycles. The summed E-state index contributed by atoms with van der Waals surface area (Å²) in [5, 5.41) is 3.48. The van der Waals surface area contributed by atoms with E-state index in [0.29, 0.717) is 38.0 Å². The van der Waals surface area contributed by atoms with Crippen LogP contribution in [0.2, 0.25) is 0 Å². The summed E-state index contributed by atoms with van der Waals surface area (Å²) in [4.78, 5) is 10.8. The third-order valence-electron chi connectivity index (χ3n) is 5.33. The molecule has 30 heavy (non-hydrogen) atoms. The number of hydrogen-bond acceptors (Lipinski definition) is 5. The molecular weight excluding hydrogens is 402 g/mol. The minimum Gasteiger partial charge on any atom is -0.378 e. The van der Waals surface area contributed by atoms with E-state index < -0.39 is 10.0 Å². The summed E-state index contributed by atoms with van der Waals surface area (Å²) >= 11 is 0. The maximum absolute atomic E-state index is 12.5. The first-order valence-corrected chi connectivity index (χ1v) is 12.3. The lowest BCUT2D eigenvalue weighted by atomic mass is 9.89. The molecule has 1 fully saturated rings. The Balaban J connectivity index is 1.89. The number of nitrogens with one attached hydrogen (secondary N) is 1. The van der Waals surface area contributed by atoms with Crippen LogP contribution >= 0.6 is 0 Å². The largest absolute Gasteiger partial charge is 0.378 e. The summed E-state index contributed by atoms with van der Waals surface area (Å²) in [6, 6.07) is 4.07. The molecule has 2 heterocycles. The fourth-order valence-corrected chi connectivity index (χ4v) is 4.85. The van der Waals surface area contributed by atoms with E-state index in [4.69, 9.17) is 4.74 Å². The number of aliphatic imine (C=N–C) groups is 1. The molecule has 0 saturated carbocycles. The van der Waals surface area contributed by atoms with E-state index in [0.717, 1.165) is 12.5 Å². The predicted octanol–water partition coefficient (Wildman–Crippen LogP) is 1.77.